The number of amides is 1. The predicted octanol–water partition coefficient (Wildman–Crippen LogP) is 2.26. The van der Waals surface area contributed by atoms with E-state index in [9.17, 15) is 4.79 Å². The second-order valence-electron chi connectivity index (χ2n) is 5.75. The molecule has 0 spiro atoms. The van der Waals surface area contributed by atoms with E-state index in [1.807, 2.05) is 6.92 Å². The number of nitrogens with one attached hydrogen (secondary N) is 1. The van der Waals surface area contributed by atoms with Crippen LogP contribution in [0, 0.1) is 5.92 Å². The first-order chi connectivity index (χ1) is 9.58. The van der Waals surface area contributed by atoms with Crippen molar-refractivity contribution in [3.63, 3.8) is 0 Å². The summed E-state index contributed by atoms with van der Waals surface area (Å²) in [4.78, 5) is 11.9. The highest BCUT2D eigenvalue weighted by molar-refractivity contribution is 7.99. The number of fused-ring (bicyclic) bond motifs is 1. The number of aromatic nitrogens is 3. The zero-order valence-electron chi connectivity index (χ0n) is 12.6. The van der Waals surface area contributed by atoms with Crippen LogP contribution in [0.25, 0.3) is 0 Å². The average Bonchev–Trinajstić information content (AvgIpc) is 2.64. The Morgan fingerprint density at radius 3 is 2.85 bits per heavy atom. The fourth-order valence-electron chi connectivity index (χ4n) is 2.16. The first kappa shape index (κ1) is 15.4. The quantitative estimate of drug-likeness (QED) is 0.847. The van der Waals surface area contributed by atoms with Gasteiger partial charge in [-0.3, -0.25) is 4.79 Å². The van der Waals surface area contributed by atoms with Crippen LogP contribution < -0.4 is 5.32 Å². The number of aryl methyl sites for hydroxylation is 1. The van der Waals surface area contributed by atoms with Gasteiger partial charge in [0, 0.05) is 19.0 Å². The van der Waals surface area contributed by atoms with Crippen LogP contribution in [0.4, 0.5) is 0 Å². The van der Waals surface area contributed by atoms with Gasteiger partial charge in [0.15, 0.2) is 5.16 Å². The molecule has 1 atom stereocenters. The fourth-order valence-corrected chi connectivity index (χ4v) is 2.95. The first-order valence-corrected chi connectivity index (χ1v) is 8.40. The van der Waals surface area contributed by atoms with Crippen LogP contribution in [0.15, 0.2) is 5.16 Å². The van der Waals surface area contributed by atoms with Crippen LogP contribution >= 0.6 is 11.8 Å². The van der Waals surface area contributed by atoms with Crippen molar-refractivity contribution in [1.82, 2.24) is 20.1 Å². The second kappa shape index (κ2) is 7.11. The molecule has 112 valence electrons. The highest BCUT2D eigenvalue weighted by Crippen LogP contribution is 2.21. The minimum Gasteiger partial charge on any atom is -0.353 e. The molecule has 0 radical (unpaired) electrons. The summed E-state index contributed by atoms with van der Waals surface area (Å²) in [5, 5.41) is 12.4. The number of carbonyl (C=O) groups is 1. The van der Waals surface area contributed by atoms with E-state index in [-0.39, 0.29) is 11.9 Å². The molecule has 0 aliphatic carbocycles. The normalized spacial score (nSPS) is 16.6. The maximum absolute atomic E-state index is 11.9. The van der Waals surface area contributed by atoms with Gasteiger partial charge in [-0.05, 0) is 25.7 Å². The Balaban J connectivity index is 1.88. The number of carbonyl (C=O) groups excluding carboxylic acids is 1. The van der Waals surface area contributed by atoms with E-state index in [2.05, 4.69) is 33.9 Å². The summed E-state index contributed by atoms with van der Waals surface area (Å²) in [5.74, 6) is 2.01. The molecule has 1 aliphatic rings. The van der Waals surface area contributed by atoms with E-state index >= 15 is 0 Å². The molecule has 0 unspecified atom stereocenters. The van der Waals surface area contributed by atoms with Crippen molar-refractivity contribution in [2.45, 2.75) is 64.2 Å². The SMILES string of the molecule is CC(C)[C@@H](C)NC(=O)CSc1nnc2n1CCCCC2. The number of rotatable bonds is 5. The van der Waals surface area contributed by atoms with Crippen LogP contribution in [0.2, 0.25) is 0 Å². The molecule has 20 heavy (non-hydrogen) atoms. The van der Waals surface area contributed by atoms with Crippen LogP contribution in [0.3, 0.4) is 0 Å². The molecule has 1 aromatic rings. The predicted molar refractivity (Wildman–Crippen MR) is 80.7 cm³/mol. The average molecular weight is 296 g/mol. The molecule has 2 rings (SSSR count). The first-order valence-electron chi connectivity index (χ1n) is 7.42. The van der Waals surface area contributed by atoms with E-state index in [4.69, 9.17) is 0 Å². The molecule has 0 saturated heterocycles. The minimum atomic E-state index is 0.0715. The van der Waals surface area contributed by atoms with Gasteiger partial charge in [0.1, 0.15) is 5.82 Å². The Morgan fingerprint density at radius 1 is 1.30 bits per heavy atom. The van der Waals surface area contributed by atoms with Crippen molar-refractivity contribution in [3.8, 4) is 0 Å². The van der Waals surface area contributed by atoms with Gasteiger partial charge in [0.25, 0.3) is 0 Å². The van der Waals surface area contributed by atoms with Gasteiger partial charge in [0.05, 0.1) is 5.75 Å². The number of hydrogen-bond acceptors (Lipinski definition) is 4. The third-order valence-electron chi connectivity index (χ3n) is 3.80. The Labute approximate surface area is 124 Å². The standard InChI is InChI=1S/C14H24N4OS/c1-10(2)11(3)15-13(19)9-20-14-17-16-12-7-5-4-6-8-18(12)14/h10-11H,4-9H2,1-3H3,(H,15,19)/t11-/m1/s1. The Bertz CT molecular complexity index is 458. The Morgan fingerprint density at radius 2 is 2.10 bits per heavy atom. The van der Waals surface area contributed by atoms with E-state index in [0.29, 0.717) is 11.7 Å². The zero-order valence-corrected chi connectivity index (χ0v) is 13.4. The van der Waals surface area contributed by atoms with Crippen LogP contribution in [-0.2, 0) is 17.8 Å². The number of nitrogens with zero attached hydrogens (tertiary/aromatic N) is 3. The molecule has 0 fully saturated rings. The van der Waals surface area contributed by atoms with Crippen molar-refractivity contribution >= 4 is 17.7 Å². The third kappa shape index (κ3) is 3.98. The molecule has 1 N–H and O–H groups in total. The Hall–Kier alpha value is -1.04. The molecule has 2 heterocycles. The van der Waals surface area contributed by atoms with Gasteiger partial charge in [-0.1, -0.05) is 32.0 Å². The molecule has 6 heteroatoms. The van der Waals surface area contributed by atoms with Gasteiger partial charge in [0.2, 0.25) is 5.91 Å². The lowest BCUT2D eigenvalue weighted by Gasteiger charge is -2.17. The molecule has 1 aromatic heterocycles. The molecule has 0 aromatic carbocycles. The summed E-state index contributed by atoms with van der Waals surface area (Å²) in [6.45, 7) is 7.23. The molecular weight excluding hydrogens is 272 g/mol. The summed E-state index contributed by atoms with van der Waals surface area (Å²) in [6, 6.07) is 0.207. The smallest absolute Gasteiger partial charge is 0.230 e. The zero-order chi connectivity index (χ0) is 14.5. The molecule has 1 amide bonds. The molecule has 1 aliphatic heterocycles. The topological polar surface area (TPSA) is 59.8 Å². The molecule has 0 bridgehead atoms. The second-order valence-corrected chi connectivity index (χ2v) is 6.69. The lowest BCUT2D eigenvalue weighted by molar-refractivity contribution is -0.119. The molecule has 5 nitrogen and oxygen atoms in total. The van der Waals surface area contributed by atoms with Gasteiger partial charge in [-0.15, -0.1) is 10.2 Å². The van der Waals surface area contributed by atoms with E-state index < -0.39 is 0 Å². The highest BCUT2D eigenvalue weighted by Gasteiger charge is 2.17. The minimum absolute atomic E-state index is 0.0715. The van der Waals surface area contributed by atoms with E-state index in [0.717, 1.165) is 23.9 Å². The summed E-state index contributed by atoms with van der Waals surface area (Å²) < 4.78 is 2.18. The van der Waals surface area contributed by atoms with Crippen molar-refractivity contribution in [2.24, 2.45) is 5.92 Å². The van der Waals surface area contributed by atoms with Gasteiger partial charge in [-0.25, -0.2) is 0 Å². The molecule has 0 saturated carbocycles. The van der Waals surface area contributed by atoms with Gasteiger partial charge in [-0.2, -0.15) is 0 Å². The summed E-state index contributed by atoms with van der Waals surface area (Å²) in [7, 11) is 0. The summed E-state index contributed by atoms with van der Waals surface area (Å²) in [5.41, 5.74) is 0. The van der Waals surface area contributed by atoms with E-state index in [1.54, 1.807) is 0 Å². The fraction of sp³-hybridized carbons (Fsp3) is 0.786. The summed E-state index contributed by atoms with van der Waals surface area (Å²) in [6.07, 6.45) is 4.62. The van der Waals surface area contributed by atoms with E-state index in [1.165, 1.54) is 31.0 Å². The number of thioether (sulfide) groups is 1. The van der Waals surface area contributed by atoms with Crippen LogP contribution in [0.1, 0.15) is 45.9 Å². The lowest BCUT2D eigenvalue weighted by atomic mass is 10.1. The maximum Gasteiger partial charge on any atom is 0.230 e. The van der Waals surface area contributed by atoms with Gasteiger partial charge >= 0.3 is 0 Å². The van der Waals surface area contributed by atoms with Crippen LogP contribution in [-0.4, -0.2) is 32.5 Å². The monoisotopic (exact) mass is 296 g/mol. The van der Waals surface area contributed by atoms with Crippen molar-refractivity contribution in [2.75, 3.05) is 5.75 Å². The lowest BCUT2D eigenvalue weighted by Crippen LogP contribution is -2.37. The number of hydrogen-bond donors (Lipinski definition) is 1. The highest BCUT2D eigenvalue weighted by atomic mass is 32.2. The third-order valence-corrected chi connectivity index (χ3v) is 4.76. The van der Waals surface area contributed by atoms with Gasteiger partial charge < -0.3 is 9.88 Å². The molecular formula is C14H24N4OS. The largest absolute Gasteiger partial charge is 0.353 e. The Kier molecular flexibility index (Phi) is 5.46. The van der Waals surface area contributed by atoms with Crippen molar-refractivity contribution in [1.29, 1.82) is 0 Å². The summed E-state index contributed by atoms with van der Waals surface area (Å²) >= 11 is 1.49. The van der Waals surface area contributed by atoms with Crippen LogP contribution in [0.5, 0.6) is 0 Å². The van der Waals surface area contributed by atoms with Crippen molar-refractivity contribution in [3.05, 3.63) is 5.82 Å². The maximum atomic E-state index is 11.9. The van der Waals surface area contributed by atoms with Crippen molar-refractivity contribution < 1.29 is 4.79 Å².